The zero-order valence-electron chi connectivity index (χ0n) is 9.82. The average Bonchev–Trinajstić information content (AvgIpc) is 2.20. The molecule has 0 N–H and O–H groups in total. The van der Waals surface area contributed by atoms with E-state index in [-0.39, 0.29) is 0 Å². The van der Waals surface area contributed by atoms with Gasteiger partial charge in [-0.2, -0.15) is 11.8 Å². The van der Waals surface area contributed by atoms with Crippen LogP contribution in [0.3, 0.4) is 0 Å². The summed E-state index contributed by atoms with van der Waals surface area (Å²) in [5, 5.41) is 1.54. The van der Waals surface area contributed by atoms with Gasteiger partial charge in [0.2, 0.25) is 0 Å². The van der Waals surface area contributed by atoms with E-state index in [2.05, 4.69) is 77.4 Å². The Bertz CT molecular complexity index is 328. The summed E-state index contributed by atoms with van der Waals surface area (Å²) >= 11 is 4.47. The molecule has 0 amide bonds. The van der Waals surface area contributed by atoms with E-state index in [9.17, 15) is 0 Å². The van der Waals surface area contributed by atoms with Crippen LogP contribution in [0.5, 0.6) is 0 Å². The molecule has 1 heterocycles. The summed E-state index contributed by atoms with van der Waals surface area (Å²) < 4.78 is 1.32. The minimum Gasteiger partial charge on any atom is -0.297 e. The number of thioether (sulfide) groups is 1. The molecule has 0 saturated carbocycles. The summed E-state index contributed by atoms with van der Waals surface area (Å²) in [5.41, 5.74) is 1.44. The number of hydrogen-bond acceptors (Lipinski definition) is 2. The van der Waals surface area contributed by atoms with Gasteiger partial charge >= 0.3 is 0 Å². The second-order valence-electron chi connectivity index (χ2n) is 4.58. The molecule has 0 bridgehead atoms. The van der Waals surface area contributed by atoms with Gasteiger partial charge in [0.15, 0.2) is 0 Å². The molecule has 0 aliphatic carbocycles. The number of halogens is 1. The smallest absolute Gasteiger partial charge is 0.0234 e. The van der Waals surface area contributed by atoms with Crippen molar-refractivity contribution in [1.29, 1.82) is 0 Å². The molecule has 1 nitrogen and oxygen atoms in total. The van der Waals surface area contributed by atoms with E-state index in [4.69, 9.17) is 0 Å². The number of hydrogen-bond donors (Lipinski definition) is 0. The Morgan fingerprint density at radius 2 is 1.75 bits per heavy atom. The predicted octanol–water partition coefficient (Wildman–Crippen LogP) is 3.62. The molecule has 0 radical (unpaired) electrons. The van der Waals surface area contributed by atoms with Crippen molar-refractivity contribution < 1.29 is 0 Å². The van der Waals surface area contributed by atoms with Gasteiger partial charge in [-0.25, -0.2) is 0 Å². The third-order valence-corrected chi connectivity index (χ3v) is 4.76. The third-order valence-electron chi connectivity index (χ3n) is 2.81. The van der Waals surface area contributed by atoms with E-state index in [1.807, 2.05) is 0 Å². The van der Waals surface area contributed by atoms with Crippen molar-refractivity contribution >= 4 is 34.4 Å². The van der Waals surface area contributed by atoms with E-state index < -0.39 is 0 Å². The molecule has 1 aromatic rings. The van der Waals surface area contributed by atoms with Gasteiger partial charge in [0.1, 0.15) is 0 Å². The maximum absolute atomic E-state index is 2.58. The van der Waals surface area contributed by atoms with Gasteiger partial charge in [0.05, 0.1) is 0 Å². The molecular weight excluding hydrogens is 329 g/mol. The molecule has 2 rings (SSSR count). The quantitative estimate of drug-likeness (QED) is 0.752. The summed E-state index contributed by atoms with van der Waals surface area (Å²) in [5.74, 6) is 0. The molecule has 1 fully saturated rings. The van der Waals surface area contributed by atoms with Gasteiger partial charge in [0.25, 0.3) is 0 Å². The summed E-state index contributed by atoms with van der Waals surface area (Å²) in [4.78, 5) is 2.58. The van der Waals surface area contributed by atoms with Gasteiger partial charge in [-0.3, -0.25) is 4.90 Å². The maximum Gasteiger partial charge on any atom is 0.0234 e. The Kier molecular flexibility index (Phi) is 4.56. The second-order valence-corrected chi connectivity index (χ2v) is 7.71. The minimum atomic E-state index is 0.771. The lowest BCUT2D eigenvalue weighted by molar-refractivity contribution is 0.263. The fourth-order valence-electron chi connectivity index (χ4n) is 2.26. The van der Waals surface area contributed by atoms with Crippen LogP contribution in [0.15, 0.2) is 24.3 Å². The van der Waals surface area contributed by atoms with Crippen molar-refractivity contribution in [2.75, 3.05) is 13.1 Å². The number of rotatable bonds is 2. The highest BCUT2D eigenvalue weighted by atomic mass is 127. The van der Waals surface area contributed by atoms with E-state index in [1.165, 1.54) is 22.2 Å². The van der Waals surface area contributed by atoms with Crippen molar-refractivity contribution in [3.63, 3.8) is 0 Å². The molecule has 1 aliphatic rings. The molecule has 2 unspecified atom stereocenters. The fraction of sp³-hybridized carbons (Fsp3) is 0.538. The predicted molar refractivity (Wildman–Crippen MR) is 81.0 cm³/mol. The van der Waals surface area contributed by atoms with Crippen LogP contribution in [0.4, 0.5) is 0 Å². The van der Waals surface area contributed by atoms with Crippen LogP contribution in [0.25, 0.3) is 0 Å². The van der Waals surface area contributed by atoms with Crippen molar-refractivity contribution in [3.05, 3.63) is 33.4 Å². The molecule has 3 heteroatoms. The zero-order valence-corrected chi connectivity index (χ0v) is 12.8. The maximum atomic E-state index is 2.58. The first kappa shape index (κ1) is 12.7. The van der Waals surface area contributed by atoms with Crippen molar-refractivity contribution in [3.8, 4) is 0 Å². The van der Waals surface area contributed by atoms with Crippen LogP contribution in [0, 0.1) is 3.57 Å². The first-order chi connectivity index (χ1) is 7.63. The summed E-state index contributed by atoms with van der Waals surface area (Å²) in [7, 11) is 0. The summed E-state index contributed by atoms with van der Waals surface area (Å²) in [6.45, 7) is 8.22. The van der Waals surface area contributed by atoms with E-state index in [0.717, 1.165) is 17.0 Å². The molecule has 1 aliphatic heterocycles. The Hall–Kier alpha value is 0.260. The normalized spacial score (nSPS) is 26.9. The Labute approximate surface area is 116 Å². The topological polar surface area (TPSA) is 3.24 Å². The van der Waals surface area contributed by atoms with Gasteiger partial charge < -0.3 is 0 Å². The highest BCUT2D eigenvalue weighted by Gasteiger charge is 2.21. The van der Waals surface area contributed by atoms with Crippen LogP contribution < -0.4 is 0 Å². The second kappa shape index (κ2) is 5.74. The van der Waals surface area contributed by atoms with Crippen LogP contribution in [-0.2, 0) is 6.54 Å². The molecule has 88 valence electrons. The molecule has 1 saturated heterocycles. The SMILES string of the molecule is CC1CN(Cc2ccc(I)cc2)CC(C)S1. The van der Waals surface area contributed by atoms with Gasteiger partial charge in [-0.15, -0.1) is 0 Å². The summed E-state index contributed by atoms with van der Waals surface area (Å²) in [6, 6.07) is 8.89. The molecule has 16 heavy (non-hydrogen) atoms. The largest absolute Gasteiger partial charge is 0.297 e. The van der Waals surface area contributed by atoms with Crippen molar-refractivity contribution in [2.45, 2.75) is 30.9 Å². The van der Waals surface area contributed by atoms with Crippen molar-refractivity contribution in [2.24, 2.45) is 0 Å². The highest BCUT2D eigenvalue weighted by molar-refractivity contribution is 14.1. The zero-order chi connectivity index (χ0) is 11.5. The molecule has 0 spiro atoms. The Morgan fingerprint density at radius 3 is 2.31 bits per heavy atom. The molecular formula is C13H18INS. The van der Waals surface area contributed by atoms with Gasteiger partial charge in [-0.05, 0) is 40.3 Å². The van der Waals surface area contributed by atoms with Crippen LogP contribution in [0.1, 0.15) is 19.4 Å². The van der Waals surface area contributed by atoms with Gasteiger partial charge in [-0.1, -0.05) is 26.0 Å². The molecule has 1 aromatic carbocycles. The van der Waals surface area contributed by atoms with E-state index in [1.54, 1.807) is 0 Å². The monoisotopic (exact) mass is 347 g/mol. The van der Waals surface area contributed by atoms with Crippen LogP contribution in [-0.4, -0.2) is 28.5 Å². The van der Waals surface area contributed by atoms with E-state index >= 15 is 0 Å². The lowest BCUT2D eigenvalue weighted by Gasteiger charge is -2.34. The molecule has 0 aromatic heterocycles. The lowest BCUT2D eigenvalue weighted by Crippen LogP contribution is -2.39. The third kappa shape index (κ3) is 3.64. The van der Waals surface area contributed by atoms with Crippen molar-refractivity contribution in [1.82, 2.24) is 4.90 Å². The molecule has 2 atom stereocenters. The first-order valence-corrected chi connectivity index (χ1v) is 7.78. The standard InChI is InChI=1S/C13H18INS/c1-10-7-15(8-11(2)16-10)9-12-3-5-13(14)6-4-12/h3-6,10-11H,7-9H2,1-2H3. The minimum absolute atomic E-state index is 0.771. The Balaban J connectivity index is 1.96. The highest BCUT2D eigenvalue weighted by Crippen LogP contribution is 2.25. The van der Waals surface area contributed by atoms with Crippen LogP contribution >= 0.6 is 34.4 Å². The summed E-state index contributed by atoms with van der Waals surface area (Å²) in [6.07, 6.45) is 0. The van der Waals surface area contributed by atoms with Gasteiger partial charge in [0, 0.05) is 33.7 Å². The average molecular weight is 347 g/mol. The van der Waals surface area contributed by atoms with Crippen LogP contribution in [0.2, 0.25) is 0 Å². The Morgan fingerprint density at radius 1 is 1.19 bits per heavy atom. The number of nitrogens with zero attached hydrogens (tertiary/aromatic N) is 1. The fourth-order valence-corrected chi connectivity index (χ4v) is 4.01. The van der Waals surface area contributed by atoms with E-state index in [0.29, 0.717) is 0 Å². The first-order valence-electron chi connectivity index (χ1n) is 5.76. The number of benzene rings is 1. The lowest BCUT2D eigenvalue weighted by atomic mass is 10.2.